The van der Waals surface area contributed by atoms with Gasteiger partial charge in [-0.2, -0.15) is 0 Å². The van der Waals surface area contributed by atoms with Crippen LogP contribution in [0.25, 0.3) is 5.82 Å². The van der Waals surface area contributed by atoms with Gasteiger partial charge < -0.3 is 9.64 Å². The lowest BCUT2D eigenvalue weighted by Crippen LogP contribution is -2.34. The van der Waals surface area contributed by atoms with Crippen LogP contribution in [0, 0.1) is 0 Å². The molecule has 0 N–H and O–H groups in total. The zero-order chi connectivity index (χ0) is 16.4. The molecule has 2 aromatic heterocycles. The average molecular weight is 327 g/mol. The second-order valence-electron chi connectivity index (χ2n) is 6.55. The summed E-state index contributed by atoms with van der Waals surface area (Å²) in [6.45, 7) is 2.40. The van der Waals surface area contributed by atoms with Gasteiger partial charge in [-0.15, -0.1) is 10.2 Å². The summed E-state index contributed by atoms with van der Waals surface area (Å²) in [6.07, 6.45) is 10.0. The van der Waals surface area contributed by atoms with E-state index in [-0.39, 0.29) is 11.5 Å². The number of likely N-dealkylation sites (tertiary alicyclic amines) is 1. The first kappa shape index (κ1) is 15.3. The van der Waals surface area contributed by atoms with Gasteiger partial charge >= 0.3 is 0 Å². The highest BCUT2D eigenvalue weighted by atomic mass is 16.5. The molecule has 0 saturated carbocycles. The maximum atomic E-state index is 12.9. The SMILES string of the molecule is O=C(c1ccnc(-n2cnnc2)c1)N1CCCC2(CCCO2)CC1. The molecule has 1 unspecified atom stereocenters. The van der Waals surface area contributed by atoms with Crippen LogP contribution in [0.1, 0.15) is 42.5 Å². The molecule has 4 rings (SSSR count). The van der Waals surface area contributed by atoms with Crippen molar-refractivity contribution in [2.75, 3.05) is 19.7 Å². The lowest BCUT2D eigenvalue weighted by molar-refractivity contribution is -0.00691. The van der Waals surface area contributed by atoms with Crippen LogP contribution in [0.3, 0.4) is 0 Å². The van der Waals surface area contributed by atoms with Gasteiger partial charge in [0.2, 0.25) is 0 Å². The van der Waals surface area contributed by atoms with Crippen LogP contribution in [-0.2, 0) is 4.74 Å². The van der Waals surface area contributed by atoms with E-state index < -0.39 is 0 Å². The van der Waals surface area contributed by atoms with Crippen LogP contribution in [0.4, 0.5) is 0 Å². The van der Waals surface area contributed by atoms with Crippen LogP contribution in [0.5, 0.6) is 0 Å². The fraction of sp³-hybridized carbons (Fsp3) is 0.529. The lowest BCUT2D eigenvalue weighted by Gasteiger charge is -2.27. The molecule has 2 aliphatic heterocycles. The first-order chi connectivity index (χ1) is 11.8. The van der Waals surface area contributed by atoms with Gasteiger partial charge in [0.15, 0.2) is 0 Å². The first-order valence-corrected chi connectivity index (χ1v) is 8.50. The van der Waals surface area contributed by atoms with Gasteiger partial charge in [0, 0.05) is 31.5 Å². The van der Waals surface area contributed by atoms with Gasteiger partial charge in [0.05, 0.1) is 5.60 Å². The number of carbonyl (C=O) groups is 1. The molecule has 0 aromatic carbocycles. The number of amides is 1. The summed E-state index contributed by atoms with van der Waals surface area (Å²) in [5.41, 5.74) is 0.665. The highest BCUT2D eigenvalue weighted by molar-refractivity contribution is 5.94. The smallest absolute Gasteiger partial charge is 0.254 e. The maximum absolute atomic E-state index is 12.9. The van der Waals surface area contributed by atoms with E-state index in [0.717, 1.165) is 51.8 Å². The Labute approximate surface area is 140 Å². The van der Waals surface area contributed by atoms with E-state index >= 15 is 0 Å². The van der Waals surface area contributed by atoms with Crippen LogP contribution < -0.4 is 0 Å². The minimum Gasteiger partial charge on any atom is -0.375 e. The van der Waals surface area contributed by atoms with Crippen molar-refractivity contribution in [2.45, 2.75) is 37.7 Å². The molecule has 126 valence electrons. The summed E-state index contributed by atoms with van der Waals surface area (Å²) in [7, 11) is 0. The van der Waals surface area contributed by atoms with E-state index in [1.54, 1.807) is 35.6 Å². The number of hydrogen-bond acceptors (Lipinski definition) is 5. The van der Waals surface area contributed by atoms with Crippen molar-refractivity contribution < 1.29 is 9.53 Å². The standard InChI is InChI=1S/C17H21N5O2/c23-16(14-3-7-18-15(11-14)22-12-19-20-13-22)21-8-1-4-17(6-9-21)5-2-10-24-17/h3,7,11-13H,1-2,4-6,8-10H2. The van der Waals surface area contributed by atoms with Crippen LogP contribution in [-0.4, -0.2) is 55.9 Å². The third-order valence-corrected chi connectivity index (χ3v) is 5.05. The molecule has 1 spiro atoms. The molecule has 2 aliphatic rings. The molecule has 2 saturated heterocycles. The molecule has 24 heavy (non-hydrogen) atoms. The van der Waals surface area contributed by atoms with Gasteiger partial charge in [0.25, 0.3) is 5.91 Å². The average Bonchev–Trinajstić information content (AvgIpc) is 3.25. The minimum atomic E-state index is 0.0148. The molecule has 4 heterocycles. The zero-order valence-electron chi connectivity index (χ0n) is 13.6. The third-order valence-electron chi connectivity index (χ3n) is 5.05. The fourth-order valence-electron chi connectivity index (χ4n) is 3.71. The zero-order valence-corrected chi connectivity index (χ0v) is 13.6. The fourth-order valence-corrected chi connectivity index (χ4v) is 3.71. The normalized spacial score (nSPS) is 24.2. The van der Waals surface area contributed by atoms with Crippen LogP contribution >= 0.6 is 0 Å². The van der Waals surface area contributed by atoms with Crippen molar-refractivity contribution in [2.24, 2.45) is 0 Å². The highest BCUT2D eigenvalue weighted by Crippen LogP contribution is 2.35. The number of rotatable bonds is 2. The number of nitrogens with zero attached hydrogens (tertiary/aromatic N) is 5. The number of carbonyl (C=O) groups excluding carboxylic acids is 1. The Morgan fingerprint density at radius 3 is 2.75 bits per heavy atom. The van der Waals surface area contributed by atoms with Crippen molar-refractivity contribution in [1.82, 2.24) is 24.6 Å². The van der Waals surface area contributed by atoms with Crippen molar-refractivity contribution in [3.63, 3.8) is 0 Å². The Hall–Kier alpha value is -2.28. The number of pyridine rings is 1. The van der Waals surface area contributed by atoms with E-state index in [9.17, 15) is 4.79 Å². The van der Waals surface area contributed by atoms with E-state index in [4.69, 9.17) is 4.74 Å². The van der Waals surface area contributed by atoms with Crippen molar-refractivity contribution in [3.05, 3.63) is 36.5 Å². The number of ether oxygens (including phenoxy) is 1. The van der Waals surface area contributed by atoms with E-state index in [2.05, 4.69) is 15.2 Å². The number of hydrogen-bond donors (Lipinski definition) is 0. The molecular formula is C17H21N5O2. The van der Waals surface area contributed by atoms with E-state index in [1.807, 2.05) is 4.90 Å². The molecule has 0 radical (unpaired) electrons. The Kier molecular flexibility index (Phi) is 4.02. The predicted molar refractivity (Wildman–Crippen MR) is 86.8 cm³/mol. The molecule has 2 fully saturated rings. The van der Waals surface area contributed by atoms with E-state index in [0.29, 0.717) is 11.4 Å². The van der Waals surface area contributed by atoms with Crippen molar-refractivity contribution >= 4 is 5.91 Å². The van der Waals surface area contributed by atoms with Gasteiger partial charge in [-0.25, -0.2) is 4.98 Å². The quantitative estimate of drug-likeness (QED) is 0.841. The largest absolute Gasteiger partial charge is 0.375 e. The van der Waals surface area contributed by atoms with Gasteiger partial charge in [-0.3, -0.25) is 9.36 Å². The topological polar surface area (TPSA) is 73.1 Å². The summed E-state index contributed by atoms with van der Waals surface area (Å²) in [6, 6.07) is 3.56. The van der Waals surface area contributed by atoms with Crippen LogP contribution in [0.15, 0.2) is 31.0 Å². The van der Waals surface area contributed by atoms with E-state index in [1.165, 1.54) is 0 Å². The highest BCUT2D eigenvalue weighted by Gasteiger charge is 2.37. The molecular weight excluding hydrogens is 306 g/mol. The summed E-state index contributed by atoms with van der Waals surface area (Å²) in [4.78, 5) is 19.1. The molecule has 7 nitrogen and oxygen atoms in total. The summed E-state index contributed by atoms with van der Waals surface area (Å²) < 4.78 is 7.69. The monoisotopic (exact) mass is 327 g/mol. The predicted octanol–water partition coefficient (Wildman–Crippen LogP) is 1.84. The van der Waals surface area contributed by atoms with Crippen LogP contribution in [0.2, 0.25) is 0 Å². The summed E-state index contributed by atoms with van der Waals surface area (Å²) >= 11 is 0. The Bertz CT molecular complexity index is 710. The number of aromatic nitrogens is 4. The van der Waals surface area contributed by atoms with Gasteiger partial charge in [-0.1, -0.05) is 0 Å². The molecule has 0 bridgehead atoms. The second-order valence-corrected chi connectivity index (χ2v) is 6.55. The van der Waals surface area contributed by atoms with Crippen molar-refractivity contribution in [1.29, 1.82) is 0 Å². The second kappa shape index (κ2) is 6.32. The minimum absolute atomic E-state index is 0.0148. The first-order valence-electron chi connectivity index (χ1n) is 8.50. The molecule has 2 aromatic rings. The Morgan fingerprint density at radius 2 is 1.96 bits per heavy atom. The molecule has 1 amide bonds. The van der Waals surface area contributed by atoms with Crippen molar-refractivity contribution in [3.8, 4) is 5.82 Å². The summed E-state index contributed by atoms with van der Waals surface area (Å²) in [5.74, 6) is 0.707. The third kappa shape index (κ3) is 2.91. The molecule has 0 aliphatic carbocycles. The Balaban J connectivity index is 1.50. The molecule has 7 heteroatoms. The Morgan fingerprint density at radius 1 is 1.12 bits per heavy atom. The van der Waals surface area contributed by atoms with Gasteiger partial charge in [-0.05, 0) is 44.2 Å². The summed E-state index contributed by atoms with van der Waals surface area (Å²) in [5, 5.41) is 7.56. The molecule has 1 atom stereocenters. The lowest BCUT2D eigenvalue weighted by atomic mass is 9.92. The van der Waals surface area contributed by atoms with Gasteiger partial charge in [0.1, 0.15) is 18.5 Å². The maximum Gasteiger partial charge on any atom is 0.254 e.